The molecule has 4 heteroatoms. The van der Waals surface area contributed by atoms with E-state index >= 15 is 0 Å². The normalized spacial score (nSPS) is 12.8. The van der Waals surface area contributed by atoms with Crippen LogP contribution in [0.15, 0.2) is 42.5 Å². The molecule has 0 aliphatic heterocycles. The summed E-state index contributed by atoms with van der Waals surface area (Å²) in [4.78, 5) is 0. The van der Waals surface area contributed by atoms with Gasteiger partial charge >= 0.3 is 0 Å². The first kappa shape index (κ1) is 21.1. The van der Waals surface area contributed by atoms with Gasteiger partial charge in [-0.2, -0.15) is 0 Å². The molecule has 2 nitrogen and oxygen atoms in total. The van der Waals surface area contributed by atoms with E-state index in [0.717, 1.165) is 28.2 Å². The maximum absolute atomic E-state index is 6.39. The summed E-state index contributed by atoms with van der Waals surface area (Å²) in [7, 11) is 4.53. The molecule has 0 saturated carbocycles. The minimum Gasteiger partial charge on any atom is -0.377 e. The molecule has 1 unspecified atom stereocenters. The van der Waals surface area contributed by atoms with Gasteiger partial charge in [-0.05, 0) is 43.2 Å². The van der Waals surface area contributed by atoms with E-state index in [1.165, 1.54) is 30.5 Å². The molecule has 0 aliphatic carbocycles. The second-order valence-corrected chi connectivity index (χ2v) is 8.71. The molecule has 0 saturated heterocycles. The Balaban J connectivity index is 2.09. The van der Waals surface area contributed by atoms with Crippen LogP contribution in [-0.2, 0) is 6.54 Å². The molecular weight excluding hydrogens is 363 g/mol. The number of unbranched alkanes of at least 4 members (excludes halogenated alkanes) is 1. The molecule has 0 bridgehead atoms. The number of nitrogens with zero attached hydrogens (tertiary/aromatic N) is 1. The maximum atomic E-state index is 6.39. The molecule has 0 heterocycles. The second-order valence-electron chi connectivity index (χ2n) is 7.87. The number of halogens is 2. The summed E-state index contributed by atoms with van der Waals surface area (Å²) in [5.74, 6) is 0. The summed E-state index contributed by atoms with van der Waals surface area (Å²) in [6.07, 6.45) is 3.61. The Morgan fingerprint density at radius 1 is 1.08 bits per heavy atom. The Morgan fingerprint density at radius 2 is 1.85 bits per heavy atom. The van der Waals surface area contributed by atoms with Gasteiger partial charge in [0.05, 0.1) is 31.7 Å². The van der Waals surface area contributed by atoms with E-state index in [1.54, 1.807) is 0 Å². The van der Waals surface area contributed by atoms with Crippen molar-refractivity contribution in [2.75, 3.05) is 26.0 Å². The van der Waals surface area contributed by atoms with Gasteiger partial charge in [-0.25, -0.2) is 0 Å². The van der Waals surface area contributed by atoms with Crippen molar-refractivity contribution in [1.29, 1.82) is 0 Å². The van der Waals surface area contributed by atoms with Crippen LogP contribution in [0.25, 0.3) is 0 Å². The van der Waals surface area contributed by atoms with Crippen molar-refractivity contribution in [3.05, 3.63) is 63.6 Å². The quantitative estimate of drug-likeness (QED) is 0.476. The van der Waals surface area contributed by atoms with Crippen molar-refractivity contribution in [2.24, 2.45) is 0 Å². The molecule has 1 atom stereocenters. The predicted molar refractivity (Wildman–Crippen MR) is 115 cm³/mol. The summed E-state index contributed by atoms with van der Waals surface area (Å²) in [6, 6.07) is 14.8. The van der Waals surface area contributed by atoms with Gasteiger partial charge < -0.3 is 9.80 Å². The Labute approximate surface area is 168 Å². The summed E-state index contributed by atoms with van der Waals surface area (Å²) in [5, 5.41) is 5.19. The molecule has 0 radical (unpaired) electrons. The number of hydrogen-bond donors (Lipinski definition) is 1. The van der Waals surface area contributed by atoms with Crippen molar-refractivity contribution in [3.63, 3.8) is 0 Å². The number of rotatable bonds is 9. The molecule has 0 amide bonds. The van der Waals surface area contributed by atoms with Gasteiger partial charge in [0.2, 0.25) is 0 Å². The number of hydrogen-bond acceptors (Lipinski definition) is 1. The zero-order valence-corrected chi connectivity index (χ0v) is 17.9. The fourth-order valence-corrected chi connectivity index (χ4v) is 3.87. The SMILES string of the molecule is CCCCC(C[N+](C)(C)Cc1ccc(Cl)cc1Cl)Nc1cccc(C)c1. The number of aryl methyl sites for hydroxylation is 1. The lowest BCUT2D eigenvalue weighted by Crippen LogP contribution is -2.47. The van der Waals surface area contributed by atoms with E-state index in [0.29, 0.717) is 11.1 Å². The Hall–Kier alpha value is -1.22. The molecule has 0 aliphatic rings. The van der Waals surface area contributed by atoms with Crippen LogP contribution < -0.4 is 5.32 Å². The van der Waals surface area contributed by atoms with Crippen molar-refractivity contribution in [3.8, 4) is 0 Å². The molecule has 2 rings (SSSR count). The van der Waals surface area contributed by atoms with Crippen LogP contribution >= 0.6 is 23.2 Å². The van der Waals surface area contributed by atoms with Gasteiger partial charge in [0, 0.05) is 16.3 Å². The van der Waals surface area contributed by atoms with Crippen molar-refractivity contribution >= 4 is 28.9 Å². The van der Waals surface area contributed by atoms with Gasteiger partial charge in [0.25, 0.3) is 0 Å². The molecule has 0 aromatic heterocycles. The van der Waals surface area contributed by atoms with Gasteiger partial charge in [0.15, 0.2) is 0 Å². The van der Waals surface area contributed by atoms with Gasteiger partial charge in [-0.1, -0.05) is 61.2 Å². The average Bonchev–Trinajstić information content (AvgIpc) is 2.55. The van der Waals surface area contributed by atoms with E-state index in [2.05, 4.69) is 57.5 Å². The Bertz CT molecular complexity index is 713. The standard InChI is InChI=1S/C22H31Cl2N2/c1-5-6-9-21(25-20-10-7-8-17(2)13-20)16-26(3,4)15-18-11-12-19(23)14-22(18)24/h7-8,10-14,21,25H,5-6,9,15-16H2,1-4H3/q+1. The number of likely N-dealkylation sites (N-methyl/N-ethyl adjacent to an activating group) is 1. The Morgan fingerprint density at radius 3 is 2.50 bits per heavy atom. The second kappa shape index (κ2) is 9.64. The van der Waals surface area contributed by atoms with Gasteiger partial charge in [0.1, 0.15) is 6.54 Å². The van der Waals surface area contributed by atoms with Crippen LogP contribution in [0, 0.1) is 6.92 Å². The molecule has 0 spiro atoms. The van der Waals surface area contributed by atoms with Gasteiger partial charge in [-0.15, -0.1) is 0 Å². The van der Waals surface area contributed by atoms with E-state index in [-0.39, 0.29) is 0 Å². The van der Waals surface area contributed by atoms with Crippen LogP contribution in [0.1, 0.15) is 37.3 Å². The molecule has 0 fully saturated rings. The molecule has 2 aromatic rings. The summed E-state index contributed by atoms with van der Waals surface area (Å²) in [6.45, 7) is 6.30. The largest absolute Gasteiger partial charge is 0.377 e. The summed E-state index contributed by atoms with van der Waals surface area (Å²) < 4.78 is 0.870. The predicted octanol–water partition coefficient (Wildman–Crippen LogP) is 6.55. The van der Waals surface area contributed by atoms with E-state index in [1.807, 2.05) is 18.2 Å². The topological polar surface area (TPSA) is 12.0 Å². The number of benzene rings is 2. The highest BCUT2D eigenvalue weighted by molar-refractivity contribution is 6.35. The van der Waals surface area contributed by atoms with Crippen LogP contribution in [0.5, 0.6) is 0 Å². The average molecular weight is 394 g/mol. The fourth-order valence-electron chi connectivity index (χ4n) is 3.40. The number of quaternary nitrogens is 1. The third kappa shape index (κ3) is 6.83. The van der Waals surface area contributed by atoms with Crippen LogP contribution in [0.3, 0.4) is 0 Å². The van der Waals surface area contributed by atoms with Gasteiger partial charge in [-0.3, -0.25) is 0 Å². The summed E-state index contributed by atoms with van der Waals surface area (Å²) in [5.41, 5.74) is 3.63. The third-order valence-corrected chi connectivity index (χ3v) is 5.21. The highest BCUT2D eigenvalue weighted by atomic mass is 35.5. The van der Waals surface area contributed by atoms with Crippen LogP contribution in [0.2, 0.25) is 10.0 Å². The molecule has 26 heavy (non-hydrogen) atoms. The number of anilines is 1. The van der Waals surface area contributed by atoms with Crippen molar-refractivity contribution in [1.82, 2.24) is 0 Å². The monoisotopic (exact) mass is 393 g/mol. The minimum absolute atomic E-state index is 0.429. The molecule has 2 aromatic carbocycles. The number of nitrogens with one attached hydrogen (secondary N) is 1. The maximum Gasteiger partial charge on any atom is 0.105 e. The smallest absolute Gasteiger partial charge is 0.105 e. The molecular formula is C22H31Cl2N2+. The highest BCUT2D eigenvalue weighted by Crippen LogP contribution is 2.24. The van der Waals surface area contributed by atoms with Crippen molar-refractivity contribution in [2.45, 2.75) is 45.7 Å². The lowest BCUT2D eigenvalue weighted by Gasteiger charge is -2.34. The minimum atomic E-state index is 0.429. The summed E-state index contributed by atoms with van der Waals surface area (Å²) >= 11 is 12.4. The van der Waals surface area contributed by atoms with E-state index < -0.39 is 0 Å². The highest BCUT2D eigenvalue weighted by Gasteiger charge is 2.23. The molecule has 1 N–H and O–H groups in total. The lowest BCUT2D eigenvalue weighted by atomic mass is 10.1. The third-order valence-electron chi connectivity index (χ3n) is 4.62. The molecule has 142 valence electrons. The van der Waals surface area contributed by atoms with Crippen LogP contribution in [-0.4, -0.2) is 31.2 Å². The first-order valence-electron chi connectivity index (χ1n) is 9.38. The Kier molecular flexibility index (Phi) is 7.82. The fraction of sp³-hybridized carbons (Fsp3) is 0.455. The van der Waals surface area contributed by atoms with E-state index in [9.17, 15) is 0 Å². The zero-order valence-electron chi connectivity index (χ0n) is 16.4. The van der Waals surface area contributed by atoms with Crippen molar-refractivity contribution < 1.29 is 4.48 Å². The van der Waals surface area contributed by atoms with E-state index in [4.69, 9.17) is 23.2 Å². The lowest BCUT2D eigenvalue weighted by molar-refractivity contribution is -0.904. The zero-order chi connectivity index (χ0) is 19.2. The first-order chi connectivity index (χ1) is 12.3. The van der Waals surface area contributed by atoms with Crippen LogP contribution in [0.4, 0.5) is 5.69 Å². The first-order valence-corrected chi connectivity index (χ1v) is 10.1.